The molecule has 2 aromatic rings. The summed E-state index contributed by atoms with van der Waals surface area (Å²) in [4.78, 5) is 8.66. The second-order valence-corrected chi connectivity index (χ2v) is 6.73. The van der Waals surface area contributed by atoms with Crippen molar-refractivity contribution in [3.8, 4) is 0 Å². The number of aromatic nitrogens is 2. The SMILES string of the molecule is CCNc1ncc(Br)c(Nc2ccc(C(C)(C)C)cc2)n1. The molecule has 0 aliphatic rings. The van der Waals surface area contributed by atoms with Crippen LogP contribution in [0.5, 0.6) is 0 Å². The highest BCUT2D eigenvalue weighted by Crippen LogP contribution is 2.27. The molecule has 4 nitrogen and oxygen atoms in total. The monoisotopic (exact) mass is 348 g/mol. The molecule has 0 aliphatic heterocycles. The average molecular weight is 349 g/mol. The number of nitrogens with one attached hydrogen (secondary N) is 2. The Labute approximate surface area is 134 Å². The molecule has 2 N–H and O–H groups in total. The van der Waals surface area contributed by atoms with E-state index < -0.39 is 0 Å². The first-order valence-electron chi connectivity index (χ1n) is 7.04. The standard InChI is InChI=1S/C16H21BrN4/c1-5-18-15-19-10-13(17)14(21-15)20-12-8-6-11(7-9-12)16(2,3)4/h6-10H,5H2,1-4H3,(H2,18,19,20,21). The smallest absolute Gasteiger partial charge is 0.224 e. The zero-order valence-electron chi connectivity index (χ0n) is 12.9. The van der Waals surface area contributed by atoms with Crippen molar-refractivity contribution in [3.63, 3.8) is 0 Å². The van der Waals surface area contributed by atoms with Gasteiger partial charge in [0, 0.05) is 18.4 Å². The van der Waals surface area contributed by atoms with E-state index in [1.807, 2.05) is 6.92 Å². The van der Waals surface area contributed by atoms with Gasteiger partial charge in [0.05, 0.1) is 4.47 Å². The molecule has 1 aromatic carbocycles. The van der Waals surface area contributed by atoms with E-state index in [1.165, 1.54) is 5.56 Å². The quantitative estimate of drug-likeness (QED) is 0.839. The van der Waals surface area contributed by atoms with Gasteiger partial charge in [-0.3, -0.25) is 0 Å². The lowest BCUT2D eigenvalue weighted by Gasteiger charge is -2.19. The van der Waals surface area contributed by atoms with Crippen molar-refractivity contribution in [2.24, 2.45) is 0 Å². The van der Waals surface area contributed by atoms with Crippen LogP contribution in [0.15, 0.2) is 34.9 Å². The first kappa shape index (κ1) is 15.8. The number of rotatable bonds is 4. The van der Waals surface area contributed by atoms with Gasteiger partial charge in [-0.25, -0.2) is 4.98 Å². The van der Waals surface area contributed by atoms with Crippen LogP contribution in [0.4, 0.5) is 17.5 Å². The molecule has 0 bridgehead atoms. The summed E-state index contributed by atoms with van der Waals surface area (Å²) >= 11 is 3.47. The lowest BCUT2D eigenvalue weighted by Crippen LogP contribution is -2.10. The van der Waals surface area contributed by atoms with Gasteiger partial charge in [-0.1, -0.05) is 32.9 Å². The summed E-state index contributed by atoms with van der Waals surface area (Å²) in [5, 5.41) is 6.42. The van der Waals surface area contributed by atoms with E-state index in [0.717, 1.165) is 22.5 Å². The molecule has 1 aromatic heterocycles. The maximum atomic E-state index is 4.45. The maximum absolute atomic E-state index is 4.45. The van der Waals surface area contributed by atoms with Crippen molar-refractivity contribution < 1.29 is 0 Å². The summed E-state index contributed by atoms with van der Waals surface area (Å²) < 4.78 is 0.837. The highest BCUT2D eigenvalue weighted by molar-refractivity contribution is 9.10. The fourth-order valence-electron chi connectivity index (χ4n) is 1.89. The van der Waals surface area contributed by atoms with Crippen molar-refractivity contribution in [3.05, 3.63) is 40.5 Å². The molecule has 1 heterocycles. The molecule has 0 unspecified atom stereocenters. The highest BCUT2D eigenvalue weighted by atomic mass is 79.9. The zero-order valence-corrected chi connectivity index (χ0v) is 14.5. The lowest BCUT2D eigenvalue weighted by atomic mass is 9.87. The largest absolute Gasteiger partial charge is 0.354 e. The van der Waals surface area contributed by atoms with E-state index in [9.17, 15) is 0 Å². The molecule has 5 heteroatoms. The second-order valence-electron chi connectivity index (χ2n) is 5.87. The molecule has 2 rings (SSSR count). The number of halogens is 1. The molecule has 0 aliphatic carbocycles. The first-order valence-corrected chi connectivity index (χ1v) is 7.83. The molecular formula is C16H21BrN4. The minimum atomic E-state index is 0.159. The van der Waals surface area contributed by atoms with Crippen molar-refractivity contribution in [1.29, 1.82) is 0 Å². The van der Waals surface area contributed by atoms with Gasteiger partial charge < -0.3 is 10.6 Å². The number of benzene rings is 1. The van der Waals surface area contributed by atoms with Crippen LogP contribution in [-0.4, -0.2) is 16.5 Å². The summed E-state index contributed by atoms with van der Waals surface area (Å²) in [6.07, 6.45) is 1.75. The summed E-state index contributed by atoms with van der Waals surface area (Å²) in [7, 11) is 0. The van der Waals surface area contributed by atoms with Crippen LogP contribution in [-0.2, 0) is 5.41 Å². The molecule has 21 heavy (non-hydrogen) atoms. The number of nitrogens with zero attached hydrogens (tertiary/aromatic N) is 2. The molecule has 0 atom stereocenters. The lowest BCUT2D eigenvalue weighted by molar-refractivity contribution is 0.590. The second kappa shape index (κ2) is 6.43. The highest BCUT2D eigenvalue weighted by Gasteiger charge is 2.13. The van der Waals surface area contributed by atoms with Crippen LogP contribution >= 0.6 is 15.9 Å². The van der Waals surface area contributed by atoms with Crippen molar-refractivity contribution in [2.75, 3.05) is 17.2 Å². The topological polar surface area (TPSA) is 49.8 Å². The number of anilines is 3. The van der Waals surface area contributed by atoms with E-state index in [1.54, 1.807) is 6.20 Å². The Bertz CT molecular complexity index is 603. The van der Waals surface area contributed by atoms with E-state index in [-0.39, 0.29) is 5.41 Å². The summed E-state index contributed by atoms with van der Waals surface area (Å²) in [5.41, 5.74) is 2.47. The fourth-order valence-corrected chi connectivity index (χ4v) is 2.18. The van der Waals surface area contributed by atoms with Crippen LogP contribution in [0.1, 0.15) is 33.3 Å². The van der Waals surface area contributed by atoms with Crippen molar-refractivity contribution in [1.82, 2.24) is 9.97 Å². The van der Waals surface area contributed by atoms with Gasteiger partial charge in [0.25, 0.3) is 0 Å². The molecule has 0 saturated carbocycles. The van der Waals surface area contributed by atoms with E-state index >= 15 is 0 Å². The predicted octanol–water partition coefficient (Wildman–Crippen LogP) is 4.71. The minimum absolute atomic E-state index is 0.159. The summed E-state index contributed by atoms with van der Waals surface area (Å²) in [6.45, 7) is 9.43. The Hall–Kier alpha value is -1.62. The molecule has 0 radical (unpaired) electrons. The third-order valence-electron chi connectivity index (χ3n) is 3.09. The molecule has 0 saturated heterocycles. The van der Waals surface area contributed by atoms with Crippen molar-refractivity contribution >= 4 is 33.4 Å². The third kappa shape index (κ3) is 4.17. The van der Waals surface area contributed by atoms with Crippen LogP contribution < -0.4 is 10.6 Å². The van der Waals surface area contributed by atoms with Crippen LogP contribution in [0.3, 0.4) is 0 Å². The van der Waals surface area contributed by atoms with Crippen LogP contribution in [0.25, 0.3) is 0 Å². The summed E-state index contributed by atoms with van der Waals surface area (Å²) in [6, 6.07) is 8.43. The van der Waals surface area contributed by atoms with E-state index in [0.29, 0.717) is 5.95 Å². The maximum Gasteiger partial charge on any atom is 0.224 e. The Morgan fingerprint density at radius 1 is 1.14 bits per heavy atom. The summed E-state index contributed by atoms with van der Waals surface area (Å²) in [5.74, 6) is 1.37. The zero-order chi connectivity index (χ0) is 15.5. The molecule has 0 fully saturated rings. The molecule has 0 spiro atoms. The third-order valence-corrected chi connectivity index (χ3v) is 3.67. The van der Waals surface area contributed by atoms with Crippen LogP contribution in [0.2, 0.25) is 0 Å². The van der Waals surface area contributed by atoms with Gasteiger partial charge in [-0.2, -0.15) is 4.98 Å². The minimum Gasteiger partial charge on any atom is -0.354 e. The molecule has 112 valence electrons. The Morgan fingerprint density at radius 3 is 2.38 bits per heavy atom. The number of hydrogen-bond acceptors (Lipinski definition) is 4. The van der Waals surface area contributed by atoms with Gasteiger partial charge in [-0.05, 0) is 46.0 Å². The molecular weight excluding hydrogens is 328 g/mol. The van der Waals surface area contributed by atoms with Crippen molar-refractivity contribution in [2.45, 2.75) is 33.1 Å². The Morgan fingerprint density at radius 2 is 1.81 bits per heavy atom. The van der Waals surface area contributed by atoms with Gasteiger partial charge >= 0.3 is 0 Å². The number of hydrogen-bond donors (Lipinski definition) is 2. The Balaban J connectivity index is 2.20. The van der Waals surface area contributed by atoms with Gasteiger partial charge in [0.2, 0.25) is 5.95 Å². The normalized spacial score (nSPS) is 11.3. The van der Waals surface area contributed by atoms with E-state index in [4.69, 9.17) is 0 Å². The fraction of sp³-hybridized carbons (Fsp3) is 0.375. The average Bonchev–Trinajstić information content (AvgIpc) is 2.42. The van der Waals surface area contributed by atoms with Gasteiger partial charge in [-0.15, -0.1) is 0 Å². The van der Waals surface area contributed by atoms with Gasteiger partial charge in [0.15, 0.2) is 0 Å². The first-order chi connectivity index (χ1) is 9.90. The van der Waals surface area contributed by atoms with Gasteiger partial charge in [0.1, 0.15) is 5.82 Å². The Kier molecular flexibility index (Phi) is 4.83. The predicted molar refractivity (Wildman–Crippen MR) is 92.3 cm³/mol. The van der Waals surface area contributed by atoms with Crippen LogP contribution in [0, 0.1) is 0 Å². The molecule has 0 amide bonds. The van der Waals surface area contributed by atoms with E-state index in [2.05, 4.69) is 81.6 Å².